The van der Waals surface area contributed by atoms with E-state index in [9.17, 15) is 5.11 Å². The molecular weight excluding hydrogens is 176 g/mol. The van der Waals surface area contributed by atoms with Crippen molar-refractivity contribution in [2.24, 2.45) is 0 Å². The highest BCUT2D eigenvalue weighted by atomic mass is 16.5. The summed E-state index contributed by atoms with van der Waals surface area (Å²) in [7, 11) is 1.63. The molecule has 1 N–H and O–H groups in total. The third kappa shape index (κ3) is 10.0. The van der Waals surface area contributed by atoms with E-state index in [-0.39, 0.29) is 6.10 Å². The quantitative estimate of drug-likeness (QED) is 0.551. The molecule has 0 saturated carbocycles. The number of aliphatic hydroxyl groups excluding tert-OH is 1. The first kappa shape index (κ1) is 13.9. The molecule has 0 aromatic heterocycles. The van der Waals surface area contributed by atoms with Crippen LogP contribution in [0, 0.1) is 0 Å². The van der Waals surface area contributed by atoms with Crippen LogP contribution in [0.25, 0.3) is 0 Å². The van der Waals surface area contributed by atoms with Crippen molar-refractivity contribution in [2.45, 2.75) is 64.4 Å². The Morgan fingerprint density at radius 2 is 1.57 bits per heavy atom. The van der Waals surface area contributed by atoms with Crippen molar-refractivity contribution >= 4 is 0 Å². The van der Waals surface area contributed by atoms with Gasteiger partial charge >= 0.3 is 0 Å². The van der Waals surface area contributed by atoms with Gasteiger partial charge < -0.3 is 9.84 Å². The predicted octanol–water partition coefficient (Wildman–Crippen LogP) is 3.13. The standard InChI is InChI=1S/C12H26O2/c1-3-4-5-6-7-8-9-10-12(13)11-14-2/h12-13H,3-11H2,1-2H3. The molecule has 1 unspecified atom stereocenters. The number of hydrogen-bond donors (Lipinski definition) is 1. The molecule has 0 saturated heterocycles. The minimum atomic E-state index is -0.254. The van der Waals surface area contributed by atoms with Gasteiger partial charge in [-0.25, -0.2) is 0 Å². The zero-order chi connectivity index (χ0) is 10.6. The van der Waals surface area contributed by atoms with Gasteiger partial charge in [-0.2, -0.15) is 0 Å². The third-order valence-corrected chi connectivity index (χ3v) is 2.50. The smallest absolute Gasteiger partial charge is 0.0773 e. The number of unbranched alkanes of at least 4 members (excludes halogenated alkanes) is 6. The summed E-state index contributed by atoms with van der Waals surface area (Å²) < 4.78 is 4.86. The second-order valence-electron chi connectivity index (χ2n) is 4.02. The van der Waals surface area contributed by atoms with E-state index in [1.54, 1.807) is 7.11 Å². The monoisotopic (exact) mass is 202 g/mol. The highest BCUT2D eigenvalue weighted by Crippen LogP contribution is 2.09. The molecule has 0 radical (unpaired) electrons. The maximum Gasteiger partial charge on any atom is 0.0773 e. The summed E-state index contributed by atoms with van der Waals surface area (Å²) >= 11 is 0. The van der Waals surface area contributed by atoms with Gasteiger partial charge in [-0.15, -0.1) is 0 Å². The molecule has 2 nitrogen and oxygen atoms in total. The third-order valence-electron chi connectivity index (χ3n) is 2.50. The molecule has 0 aromatic carbocycles. The molecule has 0 fully saturated rings. The van der Waals surface area contributed by atoms with Crippen LogP contribution in [-0.2, 0) is 4.74 Å². The minimum absolute atomic E-state index is 0.254. The number of aliphatic hydroxyl groups is 1. The fourth-order valence-electron chi connectivity index (χ4n) is 1.61. The van der Waals surface area contributed by atoms with Crippen molar-refractivity contribution < 1.29 is 9.84 Å². The van der Waals surface area contributed by atoms with Crippen LogP contribution >= 0.6 is 0 Å². The van der Waals surface area contributed by atoms with Crippen LogP contribution in [0.15, 0.2) is 0 Å². The molecule has 0 amide bonds. The second kappa shape index (κ2) is 11.0. The van der Waals surface area contributed by atoms with E-state index in [1.165, 1.54) is 38.5 Å². The molecular formula is C12H26O2. The highest BCUT2D eigenvalue weighted by Gasteiger charge is 2.01. The van der Waals surface area contributed by atoms with Crippen LogP contribution in [0.2, 0.25) is 0 Å². The van der Waals surface area contributed by atoms with Gasteiger partial charge in [0, 0.05) is 7.11 Å². The lowest BCUT2D eigenvalue weighted by molar-refractivity contribution is 0.0576. The van der Waals surface area contributed by atoms with E-state index < -0.39 is 0 Å². The van der Waals surface area contributed by atoms with Gasteiger partial charge in [0.1, 0.15) is 0 Å². The lowest BCUT2D eigenvalue weighted by Crippen LogP contribution is -2.13. The number of methoxy groups -OCH3 is 1. The maximum absolute atomic E-state index is 9.36. The Morgan fingerprint density at radius 3 is 2.14 bits per heavy atom. The van der Waals surface area contributed by atoms with Crippen molar-refractivity contribution in [3.63, 3.8) is 0 Å². The van der Waals surface area contributed by atoms with E-state index in [1.807, 2.05) is 0 Å². The molecule has 1 atom stereocenters. The van der Waals surface area contributed by atoms with E-state index >= 15 is 0 Å². The first-order valence-corrected chi connectivity index (χ1v) is 5.98. The van der Waals surface area contributed by atoms with Crippen molar-refractivity contribution in [3.8, 4) is 0 Å². The summed E-state index contributed by atoms with van der Waals surface area (Å²) in [5.41, 5.74) is 0. The fraction of sp³-hybridized carbons (Fsp3) is 1.00. The van der Waals surface area contributed by atoms with Crippen molar-refractivity contribution in [1.29, 1.82) is 0 Å². The topological polar surface area (TPSA) is 29.5 Å². The summed E-state index contributed by atoms with van der Waals surface area (Å²) in [6.07, 6.45) is 9.75. The van der Waals surface area contributed by atoms with Gasteiger partial charge in [0.05, 0.1) is 12.7 Å². The van der Waals surface area contributed by atoms with E-state index in [4.69, 9.17) is 4.74 Å². The Hall–Kier alpha value is -0.0800. The van der Waals surface area contributed by atoms with Crippen molar-refractivity contribution in [2.75, 3.05) is 13.7 Å². The van der Waals surface area contributed by atoms with Crippen molar-refractivity contribution in [3.05, 3.63) is 0 Å². The minimum Gasteiger partial charge on any atom is -0.391 e. The highest BCUT2D eigenvalue weighted by molar-refractivity contribution is 4.54. The van der Waals surface area contributed by atoms with Gasteiger partial charge in [-0.1, -0.05) is 51.9 Å². The summed E-state index contributed by atoms with van der Waals surface area (Å²) in [6.45, 7) is 2.72. The van der Waals surface area contributed by atoms with Crippen LogP contribution in [0.5, 0.6) is 0 Å². The molecule has 0 spiro atoms. The maximum atomic E-state index is 9.36. The Morgan fingerprint density at radius 1 is 1.00 bits per heavy atom. The lowest BCUT2D eigenvalue weighted by Gasteiger charge is -2.08. The molecule has 0 aliphatic heterocycles. The van der Waals surface area contributed by atoms with E-state index in [0.29, 0.717) is 6.61 Å². The largest absolute Gasteiger partial charge is 0.391 e. The van der Waals surface area contributed by atoms with Crippen LogP contribution in [0.3, 0.4) is 0 Å². The Kier molecular flexibility index (Phi) is 10.9. The summed E-state index contributed by atoms with van der Waals surface area (Å²) in [6, 6.07) is 0. The van der Waals surface area contributed by atoms with Crippen LogP contribution in [-0.4, -0.2) is 24.9 Å². The van der Waals surface area contributed by atoms with Gasteiger partial charge in [-0.3, -0.25) is 0 Å². The van der Waals surface area contributed by atoms with Crippen molar-refractivity contribution in [1.82, 2.24) is 0 Å². The number of hydrogen-bond acceptors (Lipinski definition) is 2. The molecule has 0 aliphatic rings. The molecule has 86 valence electrons. The molecule has 2 heteroatoms. The Balaban J connectivity index is 2.98. The molecule has 0 aliphatic carbocycles. The van der Waals surface area contributed by atoms with Gasteiger partial charge in [0.15, 0.2) is 0 Å². The van der Waals surface area contributed by atoms with Crippen LogP contribution in [0.4, 0.5) is 0 Å². The number of ether oxygens (including phenoxy) is 1. The van der Waals surface area contributed by atoms with Crippen LogP contribution in [0.1, 0.15) is 58.3 Å². The summed E-state index contributed by atoms with van der Waals surface area (Å²) in [4.78, 5) is 0. The molecule has 0 aromatic rings. The predicted molar refractivity (Wildman–Crippen MR) is 60.5 cm³/mol. The first-order chi connectivity index (χ1) is 6.81. The first-order valence-electron chi connectivity index (χ1n) is 5.98. The van der Waals surface area contributed by atoms with Gasteiger partial charge in [0.25, 0.3) is 0 Å². The Labute approximate surface area is 88.7 Å². The van der Waals surface area contributed by atoms with Crippen LogP contribution < -0.4 is 0 Å². The van der Waals surface area contributed by atoms with E-state index in [0.717, 1.165) is 12.8 Å². The average Bonchev–Trinajstić information content (AvgIpc) is 2.17. The Bertz CT molecular complexity index is 104. The zero-order valence-electron chi connectivity index (χ0n) is 9.80. The molecule has 0 rings (SSSR count). The summed E-state index contributed by atoms with van der Waals surface area (Å²) in [5, 5.41) is 9.36. The van der Waals surface area contributed by atoms with Gasteiger partial charge in [0.2, 0.25) is 0 Å². The summed E-state index contributed by atoms with van der Waals surface area (Å²) in [5.74, 6) is 0. The number of rotatable bonds is 10. The second-order valence-corrected chi connectivity index (χ2v) is 4.02. The normalized spacial score (nSPS) is 13.1. The average molecular weight is 202 g/mol. The van der Waals surface area contributed by atoms with Gasteiger partial charge in [-0.05, 0) is 6.42 Å². The molecule has 0 heterocycles. The molecule has 14 heavy (non-hydrogen) atoms. The fourth-order valence-corrected chi connectivity index (χ4v) is 1.61. The SMILES string of the molecule is CCCCCCCCCC(O)COC. The molecule has 0 bridgehead atoms. The lowest BCUT2D eigenvalue weighted by atomic mass is 10.1. The zero-order valence-corrected chi connectivity index (χ0v) is 9.80. The van der Waals surface area contributed by atoms with E-state index in [2.05, 4.69) is 6.92 Å².